The van der Waals surface area contributed by atoms with Gasteiger partial charge in [-0.25, -0.2) is 4.52 Å². The number of benzene rings is 1. The number of fused-ring (bicyclic) bond motifs is 1. The van der Waals surface area contributed by atoms with Gasteiger partial charge in [-0.1, -0.05) is 23.7 Å². The van der Waals surface area contributed by atoms with Crippen molar-refractivity contribution < 1.29 is 9.53 Å². The van der Waals surface area contributed by atoms with Gasteiger partial charge in [-0.3, -0.25) is 4.79 Å². The first kappa shape index (κ1) is 17.1. The van der Waals surface area contributed by atoms with Crippen LogP contribution in [0.4, 0.5) is 0 Å². The van der Waals surface area contributed by atoms with Crippen LogP contribution in [0.15, 0.2) is 42.6 Å². The van der Waals surface area contributed by atoms with Gasteiger partial charge >= 0.3 is 0 Å². The van der Waals surface area contributed by atoms with Crippen LogP contribution in [0.2, 0.25) is 5.02 Å². The Kier molecular flexibility index (Phi) is 4.66. The second-order valence-electron chi connectivity index (χ2n) is 6.63. The Morgan fingerprint density at radius 3 is 2.65 bits per heavy atom. The maximum Gasteiger partial charge on any atom is 0.269 e. The fraction of sp³-hybridized carbons (Fsp3) is 0.300. The van der Waals surface area contributed by atoms with Crippen molar-refractivity contribution in [2.75, 3.05) is 13.2 Å². The normalized spacial score (nSPS) is 15.4. The van der Waals surface area contributed by atoms with Crippen molar-refractivity contribution >= 4 is 23.0 Å². The lowest BCUT2D eigenvalue weighted by Gasteiger charge is -2.26. The molecule has 0 spiro atoms. The number of amides is 1. The van der Waals surface area contributed by atoms with Crippen LogP contribution in [0.25, 0.3) is 5.52 Å². The molecule has 6 heteroatoms. The average molecular weight is 370 g/mol. The van der Waals surface area contributed by atoms with Gasteiger partial charge in [0.15, 0.2) is 5.69 Å². The van der Waals surface area contributed by atoms with Crippen molar-refractivity contribution in [2.45, 2.75) is 25.2 Å². The van der Waals surface area contributed by atoms with Gasteiger partial charge in [0.05, 0.1) is 5.52 Å². The minimum Gasteiger partial charge on any atom is -0.381 e. The molecule has 1 aromatic carbocycles. The number of halogens is 1. The van der Waals surface area contributed by atoms with E-state index in [2.05, 4.69) is 5.10 Å². The molecule has 0 atom stereocenters. The number of nitrogens with zero attached hydrogens (tertiary/aromatic N) is 2. The summed E-state index contributed by atoms with van der Waals surface area (Å²) in [5, 5.41) is 5.21. The lowest BCUT2D eigenvalue weighted by molar-refractivity contribution is 0.0841. The summed E-state index contributed by atoms with van der Waals surface area (Å²) in [5.41, 5.74) is 10.3. The lowest BCUT2D eigenvalue weighted by Crippen LogP contribution is -2.24. The van der Waals surface area contributed by atoms with Crippen LogP contribution in [0, 0.1) is 0 Å². The topological polar surface area (TPSA) is 69.6 Å². The number of ether oxygens (including phenoxy) is 1. The summed E-state index contributed by atoms with van der Waals surface area (Å²) in [7, 11) is 0. The van der Waals surface area contributed by atoms with Crippen LogP contribution in [-0.2, 0) is 11.2 Å². The van der Waals surface area contributed by atoms with Gasteiger partial charge < -0.3 is 10.5 Å². The number of nitrogens with two attached hydrogens (primary N) is 1. The number of carbonyl (C=O) groups is 1. The maximum atomic E-state index is 12.2. The Balaban J connectivity index is 1.90. The maximum absolute atomic E-state index is 12.2. The molecule has 1 saturated heterocycles. The highest BCUT2D eigenvalue weighted by Crippen LogP contribution is 2.34. The predicted molar refractivity (Wildman–Crippen MR) is 101 cm³/mol. The molecule has 26 heavy (non-hydrogen) atoms. The summed E-state index contributed by atoms with van der Waals surface area (Å²) in [5.74, 6) is -0.264. The van der Waals surface area contributed by atoms with Crippen molar-refractivity contribution in [3.8, 4) is 0 Å². The molecular weight excluding hydrogens is 350 g/mol. The molecule has 3 aromatic rings. The Hall–Kier alpha value is -2.37. The van der Waals surface area contributed by atoms with E-state index in [-0.39, 0.29) is 5.92 Å². The van der Waals surface area contributed by atoms with Crippen molar-refractivity contribution in [3.63, 3.8) is 0 Å². The fourth-order valence-electron chi connectivity index (χ4n) is 3.74. The van der Waals surface area contributed by atoms with Gasteiger partial charge in [-0.2, -0.15) is 5.10 Å². The SMILES string of the molecule is NC(=O)c1nn2cccc2c(Cc2ccc(Cl)cc2)c1C1CCOCC1. The van der Waals surface area contributed by atoms with Crippen LogP contribution >= 0.6 is 11.6 Å². The zero-order valence-corrected chi connectivity index (χ0v) is 15.1. The van der Waals surface area contributed by atoms with Gasteiger partial charge in [0.25, 0.3) is 5.91 Å². The second kappa shape index (κ2) is 7.09. The van der Waals surface area contributed by atoms with Gasteiger partial charge in [-0.15, -0.1) is 0 Å². The Labute approximate surface area is 156 Å². The molecule has 2 N–H and O–H groups in total. The molecule has 1 amide bonds. The highest BCUT2D eigenvalue weighted by Gasteiger charge is 2.27. The van der Waals surface area contributed by atoms with E-state index in [0.29, 0.717) is 30.4 Å². The van der Waals surface area contributed by atoms with E-state index in [1.54, 1.807) is 4.52 Å². The second-order valence-corrected chi connectivity index (χ2v) is 7.07. The molecule has 3 heterocycles. The smallest absolute Gasteiger partial charge is 0.269 e. The van der Waals surface area contributed by atoms with Gasteiger partial charge in [0.2, 0.25) is 0 Å². The molecular formula is C20H20ClN3O2. The molecule has 4 rings (SSSR count). The summed E-state index contributed by atoms with van der Waals surface area (Å²) in [6.07, 6.45) is 4.28. The van der Waals surface area contributed by atoms with Gasteiger partial charge in [0, 0.05) is 24.4 Å². The lowest BCUT2D eigenvalue weighted by atomic mass is 9.85. The summed E-state index contributed by atoms with van der Waals surface area (Å²) < 4.78 is 7.25. The number of rotatable bonds is 4. The number of primary amides is 1. The van der Waals surface area contributed by atoms with Crippen molar-refractivity contribution in [1.82, 2.24) is 9.61 Å². The highest BCUT2D eigenvalue weighted by atomic mass is 35.5. The third-order valence-electron chi connectivity index (χ3n) is 4.98. The zero-order chi connectivity index (χ0) is 18.1. The average Bonchev–Trinajstić information content (AvgIpc) is 3.12. The fourth-order valence-corrected chi connectivity index (χ4v) is 3.87. The third kappa shape index (κ3) is 3.20. The summed E-state index contributed by atoms with van der Waals surface area (Å²) in [6.45, 7) is 1.38. The van der Waals surface area contributed by atoms with Crippen molar-refractivity contribution in [3.05, 3.63) is 70.0 Å². The quantitative estimate of drug-likeness (QED) is 0.764. The minimum absolute atomic E-state index is 0.223. The molecule has 1 aliphatic rings. The van der Waals surface area contributed by atoms with E-state index >= 15 is 0 Å². The number of aromatic nitrogens is 2. The van der Waals surface area contributed by atoms with E-state index in [1.165, 1.54) is 0 Å². The van der Waals surface area contributed by atoms with E-state index in [4.69, 9.17) is 22.1 Å². The molecule has 5 nitrogen and oxygen atoms in total. The first-order valence-electron chi connectivity index (χ1n) is 8.75. The van der Waals surface area contributed by atoms with Crippen molar-refractivity contribution in [1.29, 1.82) is 0 Å². The van der Waals surface area contributed by atoms with Crippen LogP contribution in [0.5, 0.6) is 0 Å². The van der Waals surface area contributed by atoms with Crippen LogP contribution in [0.3, 0.4) is 0 Å². The monoisotopic (exact) mass is 369 g/mol. The minimum atomic E-state index is -0.487. The summed E-state index contributed by atoms with van der Waals surface area (Å²) in [4.78, 5) is 12.2. The first-order chi connectivity index (χ1) is 12.6. The van der Waals surface area contributed by atoms with Gasteiger partial charge in [0.1, 0.15) is 0 Å². The van der Waals surface area contributed by atoms with Crippen LogP contribution in [-0.4, -0.2) is 28.7 Å². The molecule has 0 bridgehead atoms. The molecule has 0 saturated carbocycles. The number of hydrogen-bond acceptors (Lipinski definition) is 3. The molecule has 2 aromatic heterocycles. The summed E-state index contributed by atoms with van der Waals surface area (Å²) >= 11 is 6.02. The van der Waals surface area contributed by atoms with Crippen molar-refractivity contribution in [2.24, 2.45) is 5.73 Å². The molecule has 1 aliphatic heterocycles. The Bertz CT molecular complexity index is 944. The van der Waals surface area contributed by atoms with Gasteiger partial charge in [-0.05, 0) is 66.1 Å². The van der Waals surface area contributed by atoms with E-state index < -0.39 is 5.91 Å². The number of hydrogen-bond donors (Lipinski definition) is 1. The summed E-state index contributed by atoms with van der Waals surface area (Å²) in [6, 6.07) is 11.8. The van der Waals surface area contributed by atoms with Crippen LogP contribution in [0.1, 0.15) is 45.9 Å². The highest BCUT2D eigenvalue weighted by molar-refractivity contribution is 6.30. The van der Waals surface area contributed by atoms with Crippen LogP contribution < -0.4 is 5.73 Å². The molecule has 134 valence electrons. The van der Waals surface area contributed by atoms with E-state index in [1.807, 2.05) is 42.6 Å². The Morgan fingerprint density at radius 1 is 1.23 bits per heavy atom. The molecule has 0 aliphatic carbocycles. The largest absolute Gasteiger partial charge is 0.381 e. The standard InChI is InChI=1S/C20H20ClN3O2/c21-15-5-3-13(4-6-15)12-16-17-2-1-9-24(17)23-19(20(22)25)18(16)14-7-10-26-11-8-14/h1-6,9,14H,7-8,10-12H2,(H2,22,25). The predicted octanol–water partition coefficient (Wildman–Crippen LogP) is 3.57. The molecule has 0 unspecified atom stereocenters. The van der Waals surface area contributed by atoms with E-state index in [9.17, 15) is 4.79 Å². The van der Waals surface area contributed by atoms with E-state index in [0.717, 1.165) is 35.0 Å². The first-order valence-corrected chi connectivity index (χ1v) is 9.13. The molecule has 1 fully saturated rings. The third-order valence-corrected chi connectivity index (χ3v) is 5.23. The Morgan fingerprint density at radius 2 is 1.96 bits per heavy atom. The molecule has 0 radical (unpaired) electrons. The zero-order valence-electron chi connectivity index (χ0n) is 14.3. The number of carbonyl (C=O) groups excluding carboxylic acids is 1.